The predicted molar refractivity (Wildman–Crippen MR) is 97.0 cm³/mol. The number of rotatable bonds is 5. The topological polar surface area (TPSA) is 53.6 Å². The lowest BCUT2D eigenvalue weighted by Crippen LogP contribution is -2.39. The molecule has 0 saturated heterocycles. The van der Waals surface area contributed by atoms with Crippen LogP contribution in [0.2, 0.25) is 0 Å². The number of carbonyl (C=O) groups excluding carboxylic acids is 1. The number of carbonyl (C=O) groups is 1. The summed E-state index contributed by atoms with van der Waals surface area (Å²) in [6, 6.07) is 16.0. The number of hydrogen-bond donors (Lipinski definition) is 2. The Morgan fingerprint density at radius 2 is 1.96 bits per heavy atom. The van der Waals surface area contributed by atoms with E-state index in [4.69, 9.17) is 4.74 Å². The molecule has 1 unspecified atom stereocenters. The van der Waals surface area contributed by atoms with Crippen LogP contribution in [0.3, 0.4) is 0 Å². The van der Waals surface area contributed by atoms with E-state index >= 15 is 0 Å². The molecule has 0 spiro atoms. The summed E-state index contributed by atoms with van der Waals surface area (Å²) in [5.41, 5.74) is 3.41. The zero-order chi connectivity index (χ0) is 16.9. The Morgan fingerprint density at radius 1 is 1.21 bits per heavy atom. The van der Waals surface area contributed by atoms with Gasteiger partial charge in [0.15, 0.2) is 0 Å². The molecule has 24 heavy (non-hydrogen) atoms. The highest BCUT2D eigenvalue weighted by Crippen LogP contribution is 2.31. The van der Waals surface area contributed by atoms with Crippen molar-refractivity contribution in [1.29, 1.82) is 0 Å². The second kappa shape index (κ2) is 7.25. The smallest absolute Gasteiger partial charge is 0.319 e. The second-order valence-corrected chi connectivity index (χ2v) is 5.98. The van der Waals surface area contributed by atoms with Gasteiger partial charge < -0.3 is 20.3 Å². The number of hydrogen-bond acceptors (Lipinski definition) is 3. The van der Waals surface area contributed by atoms with Gasteiger partial charge in [0.25, 0.3) is 0 Å². The van der Waals surface area contributed by atoms with Gasteiger partial charge in [-0.2, -0.15) is 0 Å². The maximum absolute atomic E-state index is 12.0. The molecule has 2 N–H and O–H groups in total. The predicted octanol–water partition coefficient (Wildman–Crippen LogP) is 3.27. The highest BCUT2D eigenvalue weighted by molar-refractivity contribution is 5.89. The maximum Gasteiger partial charge on any atom is 0.319 e. The van der Waals surface area contributed by atoms with E-state index in [9.17, 15) is 4.79 Å². The Morgan fingerprint density at radius 3 is 2.71 bits per heavy atom. The molecule has 0 aliphatic carbocycles. The first-order valence-electron chi connectivity index (χ1n) is 8.21. The fourth-order valence-electron chi connectivity index (χ4n) is 3.11. The van der Waals surface area contributed by atoms with E-state index in [0.29, 0.717) is 12.6 Å². The largest absolute Gasteiger partial charge is 0.497 e. The second-order valence-electron chi connectivity index (χ2n) is 5.98. The van der Waals surface area contributed by atoms with Crippen molar-refractivity contribution in [3.05, 3.63) is 54.1 Å². The quantitative estimate of drug-likeness (QED) is 0.887. The Kier molecular flexibility index (Phi) is 4.89. The van der Waals surface area contributed by atoms with Crippen LogP contribution >= 0.6 is 0 Å². The van der Waals surface area contributed by atoms with E-state index in [1.807, 2.05) is 24.3 Å². The first-order chi connectivity index (χ1) is 11.7. The Hall–Kier alpha value is -2.69. The Bertz CT molecular complexity index is 700. The van der Waals surface area contributed by atoms with E-state index in [1.54, 1.807) is 7.11 Å². The summed E-state index contributed by atoms with van der Waals surface area (Å²) in [7, 11) is 1.62. The molecule has 1 heterocycles. The molecule has 126 valence electrons. The van der Waals surface area contributed by atoms with Gasteiger partial charge in [0.05, 0.1) is 7.11 Å². The third kappa shape index (κ3) is 3.62. The highest BCUT2D eigenvalue weighted by atomic mass is 16.5. The molecule has 2 aromatic rings. The molecule has 5 heteroatoms. The molecule has 1 atom stereocenters. The summed E-state index contributed by atoms with van der Waals surface area (Å²) in [5, 5.41) is 5.74. The molecule has 2 aromatic carbocycles. The van der Waals surface area contributed by atoms with Crippen LogP contribution in [-0.4, -0.2) is 32.3 Å². The molecule has 1 aliphatic heterocycles. The number of methoxy groups -OCH3 is 1. The summed E-state index contributed by atoms with van der Waals surface area (Å²) in [6.45, 7) is 3.62. The van der Waals surface area contributed by atoms with Crippen LogP contribution in [0.5, 0.6) is 5.75 Å². The number of nitrogens with one attached hydrogen (secondary N) is 2. The van der Waals surface area contributed by atoms with Crippen LogP contribution in [0.4, 0.5) is 16.2 Å². The minimum absolute atomic E-state index is 0.194. The average molecular weight is 325 g/mol. The average Bonchev–Trinajstić information content (AvgIpc) is 2.91. The standard InChI is InChI=1S/C19H23N3O2/c1-14-13-15-5-3-4-6-18(15)22(14)12-11-20-19(23)21-16-7-9-17(24-2)10-8-16/h3-10,14H,11-13H2,1-2H3,(H2,20,21,23). The van der Waals surface area contributed by atoms with E-state index in [-0.39, 0.29) is 6.03 Å². The third-order valence-electron chi connectivity index (χ3n) is 4.33. The van der Waals surface area contributed by atoms with Gasteiger partial charge in [-0.25, -0.2) is 4.79 Å². The third-order valence-corrected chi connectivity index (χ3v) is 4.33. The number of benzene rings is 2. The number of ether oxygens (including phenoxy) is 1. The monoisotopic (exact) mass is 325 g/mol. The summed E-state index contributed by atoms with van der Waals surface area (Å²) in [4.78, 5) is 14.3. The van der Waals surface area contributed by atoms with Crippen LogP contribution in [-0.2, 0) is 6.42 Å². The molecule has 5 nitrogen and oxygen atoms in total. The molecular weight excluding hydrogens is 302 g/mol. The fourth-order valence-corrected chi connectivity index (χ4v) is 3.11. The highest BCUT2D eigenvalue weighted by Gasteiger charge is 2.24. The van der Waals surface area contributed by atoms with Crippen LogP contribution in [0.15, 0.2) is 48.5 Å². The summed E-state index contributed by atoms with van der Waals surface area (Å²) in [6.07, 6.45) is 1.06. The summed E-state index contributed by atoms with van der Waals surface area (Å²) < 4.78 is 5.10. The van der Waals surface area contributed by atoms with Crippen molar-refractivity contribution < 1.29 is 9.53 Å². The van der Waals surface area contributed by atoms with Crippen LogP contribution in [0, 0.1) is 0 Å². The Balaban J connectivity index is 1.48. The number of fused-ring (bicyclic) bond motifs is 1. The maximum atomic E-state index is 12.0. The van der Waals surface area contributed by atoms with Crippen molar-refractivity contribution >= 4 is 17.4 Å². The van der Waals surface area contributed by atoms with Gasteiger partial charge in [-0.1, -0.05) is 18.2 Å². The van der Waals surface area contributed by atoms with Crippen molar-refractivity contribution in [3.63, 3.8) is 0 Å². The number of amides is 2. The van der Waals surface area contributed by atoms with E-state index < -0.39 is 0 Å². The van der Waals surface area contributed by atoms with Gasteiger partial charge in [-0.3, -0.25) is 0 Å². The molecule has 1 aliphatic rings. The number of nitrogens with zero attached hydrogens (tertiary/aromatic N) is 1. The van der Waals surface area contributed by atoms with Gasteiger partial charge in [-0.05, 0) is 49.2 Å². The fraction of sp³-hybridized carbons (Fsp3) is 0.316. The molecule has 3 rings (SSSR count). The van der Waals surface area contributed by atoms with Crippen molar-refractivity contribution in [2.45, 2.75) is 19.4 Å². The minimum Gasteiger partial charge on any atom is -0.497 e. The van der Waals surface area contributed by atoms with Gasteiger partial charge >= 0.3 is 6.03 Å². The van der Waals surface area contributed by atoms with Crippen molar-refractivity contribution in [3.8, 4) is 5.75 Å². The van der Waals surface area contributed by atoms with Crippen LogP contribution < -0.4 is 20.3 Å². The van der Waals surface area contributed by atoms with Crippen LogP contribution in [0.25, 0.3) is 0 Å². The van der Waals surface area contributed by atoms with E-state index in [0.717, 1.165) is 24.4 Å². The SMILES string of the molecule is COc1ccc(NC(=O)NCCN2c3ccccc3CC2C)cc1. The van der Waals surface area contributed by atoms with Gasteiger partial charge in [0.1, 0.15) is 5.75 Å². The first-order valence-corrected chi connectivity index (χ1v) is 8.21. The lowest BCUT2D eigenvalue weighted by molar-refractivity contribution is 0.252. The molecule has 0 bridgehead atoms. The molecule has 0 radical (unpaired) electrons. The lowest BCUT2D eigenvalue weighted by Gasteiger charge is -2.25. The van der Waals surface area contributed by atoms with E-state index in [2.05, 4.69) is 46.7 Å². The van der Waals surface area contributed by atoms with Crippen molar-refractivity contribution in [1.82, 2.24) is 5.32 Å². The van der Waals surface area contributed by atoms with Gasteiger partial charge in [-0.15, -0.1) is 0 Å². The lowest BCUT2D eigenvalue weighted by atomic mass is 10.1. The molecule has 2 amide bonds. The minimum atomic E-state index is -0.194. The van der Waals surface area contributed by atoms with Gasteiger partial charge in [0.2, 0.25) is 0 Å². The van der Waals surface area contributed by atoms with E-state index in [1.165, 1.54) is 11.3 Å². The zero-order valence-corrected chi connectivity index (χ0v) is 14.1. The zero-order valence-electron chi connectivity index (χ0n) is 14.1. The summed E-state index contributed by atoms with van der Waals surface area (Å²) >= 11 is 0. The molecular formula is C19H23N3O2. The number of urea groups is 1. The Labute approximate surface area is 142 Å². The van der Waals surface area contributed by atoms with Crippen molar-refractivity contribution in [2.24, 2.45) is 0 Å². The van der Waals surface area contributed by atoms with Crippen molar-refractivity contribution in [2.75, 3.05) is 30.4 Å². The normalized spacial score (nSPS) is 15.8. The molecule has 0 fully saturated rings. The first kappa shape index (κ1) is 16.2. The summed E-state index contributed by atoms with van der Waals surface area (Å²) in [5.74, 6) is 0.766. The number of para-hydroxylation sites is 1. The molecule has 0 aromatic heterocycles. The number of anilines is 2. The molecule has 0 saturated carbocycles. The van der Waals surface area contributed by atoms with Crippen LogP contribution in [0.1, 0.15) is 12.5 Å². The van der Waals surface area contributed by atoms with Gasteiger partial charge in [0, 0.05) is 30.5 Å².